The number of nitrogens with one attached hydrogen (secondary N) is 1. The molecule has 10 heteroatoms. The SMILES string of the molecule is Cc1cc(OC(c2ccc(C(=O)NC(C)C(=O)O)cc2)C2CCC2)cc(C)c1-n1cc(C(F)(F)F)cn1. The van der Waals surface area contributed by atoms with Crippen LogP contribution in [0.1, 0.15) is 64.9 Å². The number of carbonyl (C=O) groups is 2. The second-order valence-corrected chi connectivity index (χ2v) is 9.46. The van der Waals surface area contributed by atoms with Gasteiger partial charge in [-0.25, -0.2) is 4.68 Å². The summed E-state index contributed by atoms with van der Waals surface area (Å²) in [6.07, 6.45) is 0.123. The molecule has 196 valence electrons. The number of carboxylic acids is 1. The third-order valence-electron chi connectivity index (χ3n) is 6.66. The molecule has 3 aromatic rings. The van der Waals surface area contributed by atoms with Gasteiger partial charge in [-0.05, 0) is 74.6 Å². The lowest BCUT2D eigenvalue weighted by Crippen LogP contribution is -2.38. The summed E-state index contributed by atoms with van der Waals surface area (Å²) >= 11 is 0. The largest absolute Gasteiger partial charge is 0.485 e. The number of halogens is 3. The molecule has 1 aliphatic carbocycles. The van der Waals surface area contributed by atoms with Crippen LogP contribution in [0, 0.1) is 19.8 Å². The number of aryl methyl sites for hydroxylation is 2. The van der Waals surface area contributed by atoms with Gasteiger partial charge in [0.05, 0.1) is 17.4 Å². The fraction of sp³-hybridized carbons (Fsp3) is 0.370. The second kappa shape index (κ2) is 10.3. The Labute approximate surface area is 212 Å². The van der Waals surface area contributed by atoms with Crippen molar-refractivity contribution in [1.82, 2.24) is 15.1 Å². The lowest BCUT2D eigenvalue weighted by molar-refractivity contribution is -0.139. The second-order valence-electron chi connectivity index (χ2n) is 9.46. The average molecular weight is 516 g/mol. The molecule has 1 aromatic heterocycles. The van der Waals surface area contributed by atoms with Gasteiger partial charge in [0, 0.05) is 17.7 Å². The molecule has 0 saturated heterocycles. The van der Waals surface area contributed by atoms with Crippen molar-refractivity contribution in [2.24, 2.45) is 5.92 Å². The first-order chi connectivity index (χ1) is 17.4. The molecule has 2 aromatic carbocycles. The highest BCUT2D eigenvalue weighted by atomic mass is 19.4. The maximum absolute atomic E-state index is 13.0. The maximum atomic E-state index is 13.0. The number of aromatic nitrogens is 2. The monoisotopic (exact) mass is 515 g/mol. The molecule has 0 bridgehead atoms. The minimum atomic E-state index is -4.47. The first-order valence-electron chi connectivity index (χ1n) is 12.0. The predicted octanol–water partition coefficient (Wildman–Crippen LogP) is 5.63. The van der Waals surface area contributed by atoms with Crippen molar-refractivity contribution >= 4 is 11.9 Å². The molecule has 2 N–H and O–H groups in total. The molecule has 37 heavy (non-hydrogen) atoms. The summed E-state index contributed by atoms with van der Waals surface area (Å²) in [6, 6.07) is 9.47. The third-order valence-corrected chi connectivity index (χ3v) is 6.66. The Kier molecular flexibility index (Phi) is 7.29. The minimum Gasteiger partial charge on any atom is -0.485 e. The van der Waals surface area contributed by atoms with Crippen LogP contribution in [0.15, 0.2) is 48.8 Å². The maximum Gasteiger partial charge on any atom is 0.419 e. The summed E-state index contributed by atoms with van der Waals surface area (Å²) in [4.78, 5) is 23.3. The summed E-state index contributed by atoms with van der Waals surface area (Å²) in [7, 11) is 0. The zero-order valence-electron chi connectivity index (χ0n) is 20.7. The standard InChI is InChI=1S/C27H28F3N3O4/c1-15-11-22(12-16(2)23(15)33-14-21(13-31-33)27(28,29)30)37-24(18-5-4-6-18)19-7-9-20(10-8-19)25(34)32-17(3)26(35)36/h7-14,17-18,24H,4-6H2,1-3H3,(H,32,34)(H,35,36). The number of rotatable bonds is 8. The van der Waals surface area contributed by atoms with Crippen LogP contribution in [0.25, 0.3) is 5.69 Å². The fourth-order valence-corrected chi connectivity index (χ4v) is 4.43. The van der Waals surface area contributed by atoms with Crippen LogP contribution < -0.4 is 10.1 Å². The Morgan fingerprint density at radius 3 is 2.24 bits per heavy atom. The summed E-state index contributed by atoms with van der Waals surface area (Å²) in [5.41, 5.74) is 2.42. The quantitative estimate of drug-likeness (QED) is 0.406. The van der Waals surface area contributed by atoms with Crippen molar-refractivity contribution in [2.45, 2.75) is 58.4 Å². The van der Waals surface area contributed by atoms with Crippen LogP contribution >= 0.6 is 0 Å². The molecule has 1 aliphatic rings. The van der Waals surface area contributed by atoms with E-state index in [4.69, 9.17) is 9.84 Å². The molecule has 0 spiro atoms. The smallest absolute Gasteiger partial charge is 0.419 e. The Morgan fingerprint density at radius 1 is 1.14 bits per heavy atom. The summed E-state index contributed by atoms with van der Waals surface area (Å²) < 4.78 is 46.8. The van der Waals surface area contributed by atoms with Crippen molar-refractivity contribution in [1.29, 1.82) is 0 Å². The van der Waals surface area contributed by atoms with E-state index in [2.05, 4.69) is 10.4 Å². The van der Waals surface area contributed by atoms with Gasteiger partial charge in [0.25, 0.3) is 5.91 Å². The number of hydrogen-bond donors (Lipinski definition) is 2. The van der Waals surface area contributed by atoms with E-state index in [1.54, 1.807) is 50.2 Å². The number of ether oxygens (including phenoxy) is 1. The van der Waals surface area contributed by atoms with Gasteiger partial charge in [-0.2, -0.15) is 18.3 Å². The zero-order chi connectivity index (χ0) is 26.9. The molecular formula is C27H28F3N3O4. The Hall–Kier alpha value is -3.82. The average Bonchev–Trinajstić information content (AvgIpc) is 3.27. The van der Waals surface area contributed by atoms with Crippen LogP contribution in [-0.4, -0.2) is 32.8 Å². The molecule has 1 fully saturated rings. The van der Waals surface area contributed by atoms with E-state index in [1.807, 2.05) is 0 Å². The third kappa shape index (κ3) is 5.79. The van der Waals surface area contributed by atoms with E-state index < -0.39 is 29.7 Å². The van der Waals surface area contributed by atoms with Crippen LogP contribution in [0.5, 0.6) is 5.75 Å². The van der Waals surface area contributed by atoms with E-state index in [-0.39, 0.29) is 12.0 Å². The van der Waals surface area contributed by atoms with Gasteiger partial charge in [-0.15, -0.1) is 0 Å². The van der Waals surface area contributed by atoms with Crippen LogP contribution in [-0.2, 0) is 11.0 Å². The molecule has 1 heterocycles. The van der Waals surface area contributed by atoms with Crippen molar-refractivity contribution < 1.29 is 32.6 Å². The van der Waals surface area contributed by atoms with Gasteiger partial charge in [0.2, 0.25) is 0 Å². The molecule has 0 aliphatic heterocycles. The topological polar surface area (TPSA) is 93.5 Å². The number of alkyl halides is 3. The first-order valence-corrected chi connectivity index (χ1v) is 12.0. The summed E-state index contributed by atoms with van der Waals surface area (Å²) in [6.45, 7) is 4.99. The molecule has 0 radical (unpaired) electrons. The van der Waals surface area contributed by atoms with Crippen LogP contribution in [0.4, 0.5) is 13.2 Å². The molecule has 4 rings (SSSR count). The number of benzene rings is 2. The van der Waals surface area contributed by atoms with Gasteiger partial charge in [-0.1, -0.05) is 18.6 Å². The Balaban J connectivity index is 1.56. The van der Waals surface area contributed by atoms with Crippen molar-refractivity contribution in [3.8, 4) is 11.4 Å². The van der Waals surface area contributed by atoms with Crippen LogP contribution in [0.3, 0.4) is 0 Å². The van der Waals surface area contributed by atoms with E-state index in [1.165, 1.54) is 11.6 Å². The van der Waals surface area contributed by atoms with E-state index in [0.29, 0.717) is 17.0 Å². The molecular weight excluding hydrogens is 487 g/mol. The summed E-state index contributed by atoms with van der Waals surface area (Å²) in [5.74, 6) is -0.714. The number of amides is 1. The zero-order valence-corrected chi connectivity index (χ0v) is 20.7. The van der Waals surface area contributed by atoms with Crippen LogP contribution in [0.2, 0.25) is 0 Å². The number of aliphatic carboxylic acids is 1. The van der Waals surface area contributed by atoms with Crippen molar-refractivity contribution in [3.05, 3.63) is 76.6 Å². The number of carboxylic acid groups (broad SMARTS) is 1. The van der Waals surface area contributed by atoms with E-state index in [0.717, 1.165) is 48.3 Å². The predicted molar refractivity (Wildman–Crippen MR) is 130 cm³/mol. The highest BCUT2D eigenvalue weighted by Crippen LogP contribution is 2.41. The normalized spacial score (nSPS) is 15.5. The van der Waals surface area contributed by atoms with Crippen molar-refractivity contribution in [2.75, 3.05) is 0 Å². The van der Waals surface area contributed by atoms with E-state index >= 15 is 0 Å². The first kappa shape index (κ1) is 26.2. The van der Waals surface area contributed by atoms with Gasteiger partial charge >= 0.3 is 12.1 Å². The number of hydrogen-bond acceptors (Lipinski definition) is 4. The minimum absolute atomic E-state index is 0.269. The van der Waals surface area contributed by atoms with E-state index in [9.17, 15) is 22.8 Å². The van der Waals surface area contributed by atoms with Gasteiger partial charge in [0.15, 0.2) is 0 Å². The number of carbonyl (C=O) groups excluding carboxylic acids is 1. The Bertz CT molecular complexity index is 1270. The lowest BCUT2D eigenvalue weighted by Gasteiger charge is -2.34. The highest BCUT2D eigenvalue weighted by molar-refractivity contribution is 5.96. The molecule has 2 unspecified atom stereocenters. The Morgan fingerprint density at radius 2 is 1.76 bits per heavy atom. The lowest BCUT2D eigenvalue weighted by atomic mass is 9.78. The number of nitrogens with zero attached hydrogens (tertiary/aromatic N) is 2. The molecule has 1 amide bonds. The summed E-state index contributed by atoms with van der Waals surface area (Å²) in [5, 5.41) is 15.3. The van der Waals surface area contributed by atoms with Gasteiger partial charge < -0.3 is 15.2 Å². The van der Waals surface area contributed by atoms with Gasteiger partial charge in [0.1, 0.15) is 17.9 Å². The highest BCUT2D eigenvalue weighted by Gasteiger charge is 2.33. The fourth-order valence-electron chi connectivity index (χ4n) is 4.43. The molecule has 7 nitrogen and oxygen atoms in total. The van der Waals surface area contributed by atoms with Gasteiger partial charge in [-0.3, -0.25) is 9.59 Å². The molecule has 2 atom stereocenters. The molecule has 1 saturated carbocycles. The van der Waals surface area contributed by atoms with Crippen molar-refractivity contribution in [3.63, 3.8) is 0 Å².